The molecule has 2 aromatic heterocycles. The maximum atomic E-state index is 13.3. The Morgan fingerprint density at radius 3 is 2.77 bits per heavy atom. The van der Waals surface area contributed by atoms with Crippen LogP contribution in [0.4, 0.5) is 17.5 Å². The van der Waals surface area contributed by atoms with Gasteiger partial charge in [0, 0.05) is 24.9 Å². The molecule has 0 unspecified atom stereocenters. The van der Waals surface area contributed by atoms with E-state index in [0.717, 1.165) is 19.3 Å². The first-order chi connectivity index (χ1) is 14.4. The fourth-order valence-corrected chi connectivity index (χ4v) is 4.25. The van der Waals surface area contributed by atoms with Crippen molar-refractivity contribution < 1.29 is 9.90 Å². The van der Waals surface area contributed by atoms with Crippen LogP contribution in [0.1, 0.15) is 40.0 Å². The van der Waals surface area contributed by atoms with E-state index in [2.05, 4.69) is 26.5 Å². The minimum Gasteiger partial charge on any atom is -0.394 e. The van der Waals surface area contributed by atoms with Gasteiger partial charge in [-0.1, -0.05) is 6.92 Å². The molecule has 2 fully saturated rings. The van der Waals surface area contributed by atoms with Crippen molar-refractivity contribution in [2.45, 2.75) is 45.6 Å². The van der Waals surface area contributed by atoms with E-state index in [9.17, 15) is 15.2 Å². The van der Waals surface area contributed by atoms with E-state index in [4.69, 9.17) is 0 Å². The highest BCUT2D eigenvalue weighted by Gasteiger charge is 2.61. The number of amides is 1. The molecular formula is C21H28ClN7O2. The van der Waals surface area contributed by atoms with Gasteiger partial charge in [-0.2, -0.15) is 15.3 Å². The first-order valence-electron chi connectivity index (χ1n) is 10.3. The first kappa shape index (κ1) is 23.0. The number of halogens is 1. The summed E-state index contributed by atoms with van der Waals surface area (Å²) in [7, 11) is 0. The highest BCUT2D eigenvalue weighted by atomic mass is 35.5. The SMILES string of the molecule is CC[C@@H]1CN(c2ccnc(Nc3cnn(C(C)(C)CO)c3)n2)C(=O)[C@@]1(C#N)C1CC1.Cl. The summed E-state index contributed by atoms with van der Waals surface area (Å²) in [6.45, 7) is 6.25. The highest BCUT2D eigenvalue weighted by Crippen LogP contribution is 2.55. The monoisotopic (exact) mass is 445 g/mol. The molecule has 1 aliphatic carbocycles. The minimum absolute atomic E-state index is 0. The summed E-state index contributed by atoms with van der Waals surface area (Å²) in [5.41, 5.74) is -0.773. The topological polar surface area (TPSA) is 120 Å². The van der Waals surface area contributed by atoms with Gasteiger partial charge in [-0.3, -0.25) is 14.4 Å². The van der Waals surface area contributed by atoms with Crippen LogP contribution in [-0.4, -0.2) is 43.9 Å². The molecular weight excluding hydrogens is 418 g/mol. The molecule has 2 aromatic rings. The maximum Gasteiger partial charge on any atom is 0.249 e. The summed E-state index contributed by atoms with van der Waals surface area (Å²) in [5, 5.41) is 26.8. The second kappa shape index (κ2) is 8.44. The van der Waals surface area contributed by atoms with Gasteiger partial charge in [0.1, 0.15) is 11.2 Å². The molecule has 2 atom stereocenters. The number of hydrogen-bond acceptors (Lipinski definition) is 7. The van der Waals surface area contributed by atoms with E-state index >= 15 is 0 Å². The summed E-state index contributed by atoms with van der Waals surface area (Å²) >= 11 is 0. The smallest absolute Gasteiger partial charge is 0.249 e. The Hall–Kier alpha value is -2.70. The lowest BCUT2D eigenvalue weighted by Crippen LogP contribution is -2.37. The molecule has 3 heterocycles. The van der Waals surface area contributed by atoms with Gasteiger partial charge in [0.05, 0.1) is 30.1 Å². The van der Waals surface area contributed by atoms with Crippen LogP contribution in [0.3, 0.4) is 0 Å². The molecule has 1 amide bonds. The average Bonchev–Trinajstić information content (AvgIpc) is 3.41. The van der Waals surface area contributed by atoms with E-state index in [1.54, 1.807) is 34.2 Å². The molecule has 9 nitrogen and oxygen atoms in total. The number of nitrogens with zero attached hydrogens (tertiary/aromatic N) is 6. The highest BCUT2D eigenvalue weighted by molar-refractivity contribution is 6.02. The van der Waals surface area contributed by atoms with E-state index in [-0.39, 0.29) is 36.8 Å². The van der Waals surface area contributed by atoms with Gasteiger partial charge in [0.2, 0.25) is 11.9 Å². The number of aliphatic hydroxyl groups excluding tert-OH is 1. The van der Waals surface area contributed by atoms with Crippen LogP contribution >= 0.6 is 12.4 Å². The Balaban J connectivity index is 0.00000272. The predicted octanol–water partition coefficient (Wildman–Crippen LogP) is 2.86. The number of aliphatic hydroxyl groups is 1. The van der Waals surface area contributed by atoms with E-state index in [1.165, 1.54) is 0 Å². The number of anilines is 3. The van der Waals surface area contributed by atoms with E-state index in [0.29, 0.717) is 24.0 Å². The van der Waals surface area contributed by atoms with Crippen LogP contribution in [0.15, 0.2) is 24.7 Å². The Morgan fingerprint density at radius 1 is 1.42 bits per heavy atom. The van der Waals surface area contributed by atoms with Crippen molar-refractivity contribution in [1.82, 2.24) is 19.7 Å². The van der Waals surface area contributed by atoms with Crippen LogP contribution in [0.2, 0.25) is 0 Å². The zero-order valence-corrected chi connectivity index (χ0v) is 18.8. The quantitative estimate of drug-likeness (QED) is 0.672. The minimum atomic E-state index is -0.926. The first-order valence-corrected chi connectivity index (χ1v) is 10.3. The molecule has 0 spiro atoms. The summed E-state index contributed by atoms with van der Waals surface area (Å²) in [4.78, 5) is 23.7. The number of carbonyl (C=O) groups excluding carboxylic acids is 1. The Bertz CT molecular complexity index is 998. The van der Waals surface area contributed by atoms with Crippen molar-refractivity contribution in [3.8, 4) is 6.07 Å². The second-order valence-electron chi connectivity index (χ2n) is 8.78. The lowest BCUT2D eigenvalue weighted by molar-refractivity contribution is -0.125. The van der Waals surface area contributed by atoms with Crippen molar-refractivity contribution in [3.05, 3.63) is 24.7 Å². The molecule has 1 aliphatic heterocycles. The molecule has 10 heteroatoms. The molecule has 2 N–H and O–H groups in total. The van der Waals surface area contributed by atoms with Gasteiger partial charge in [0.25, 0.3) is 0 Å². The second-order valence-corrected chi connectivity index (χ2v) is 8.78. The van der Waals surface area contributed by atoms with Crippen LogP contribution in [0, 0.1) is 28.6 Å². The van der Waals surface area contributed by atoms with Crippen LogP contribution in [-0.2, 0) is 10.3 Å². The standard InChI is InChI=1S/C21H27N7O2.ClH/c1-4-14-10-27(18(30)21(14,12-22)15-5-6-15)17-7-8-23-19(26-17)25-16-9-24-28(11-16)20(2,3)13-29;/h7-9,11,14-15,29H,4-6,10,13H2,1-3H3,(H,23,25,26);1H/t14-,21-;/m1./s1. The Kier molecular flexibility index (Phi) is 6.25. The zero-order chi connectivity index (χ0) is 21.5. The van der Waals surface area contributed by atoms with Crippen LogP contribution in [0.25, 0.3) is 0 Å². The molecule has 166 valence electrons. The van der Waals surface area contributed by atoms with Gasteiger partial charge in [0.15, 0.2) is 0 Å². The Labute approximate surface area is 187 Å². The third kappa shape index (κ3) is 3.86. The average molecular weight is 446 g/mol. The fraction of sp³-hybridized carbons (Fsp3) is 0.571. The van der Waals surface area contributed by atoms with Gasteiger partial charge >= 0.3 is 0 Å². The maximum absolute atomic E-state index is 13.3. The van der Waals surface area contributed by atoms with E-state index in [1.807, 2.05) is 20.8 Å². The predicted molar refractivity (Wildman–Crippen MR) is 118 cm³/mol. The number of aromatic nitrogens is 4. The van der Waals surface area contributed by atoms with Gasteiger partial charge in [-0.05, 0) is 45.1 Å². The number of carbonyl (C=O) groups is 1. The molecule has 2 aliphatic rings. The number of hydrogen-bond donors (Lipinski definition) is 2. The summed E-state index contributed by atoms with van der Waals surface area (Å²) in [6, 6.07) is 4.09. The number of nitriles is 1. The molecule has 0 aromatic carbocycles. The molecule has 0 bridgehead atoms. The van der Waals surface area contributed by atoms with Crippen molar-refractivity contribution >= 4 is 35.8 Å². The normalized spacial score (nSPS) is 23.4. The van der Waals surface area contributed by atoms with Gasteiger partial charge < -0.3 is 10.4 Å². The molecule has 1 saturated heterocycles. The van der Waals surface area contributed by atoms with E-state index < -0.39 is 11.0 Å². The van der Waals surface area contributed by atoms with Crippen molar-refractivity contribution in [2.75, 3.05) is 23.4 Å². The summed E-state index contributed by atoms with van der Waals surface area (Å²) in [5.74, 6) is 0.867. The lowest BCUT2D eigenvalue weighted by atomic mass is 9.73. The zero-order valence-electron chi connectivity index (χ0n) is 17.9. The van der Waals surface area contributed by atoms with Crippen molar-refractivity contribution in [3.63, 3.8) is 0 Å². The molecule has 1 saturated carbocycles. The molecule has 31 heavy (non-hydrogen) atoms. The van der Waals surface area contributed by atoms with Crippen LogP contribution in [0.5, 0.6) is 0 Å². The lowest BCUT2D eigenvalue weighted by Gasteiger charge is -2.24. The largest absolute Gasteiger partial charge is 0.394 e. The van der Waals surface area contributed by atoms with Crippen LogP contribution < -0.4 is 10.2 Å². The van der Waals surface area contributed by atoms with Crippen molar-refractivity contribution in [1.29, 1.82) is 5.26 Å². The number of nitrogens with one attached hydrogen (secondary N) is 1. The third-order valence-electron chi connectivity index (χ3n) is 6.31. The Morgan fingerprint density at radius 2 is 2.16 bits per heavy atom. The van der Waals surface area contributed by atoms with Crippen molar-refractivity contribution in [2.24, 2.45) is 17.3 Å². The fourth-order valence-electron chi connectivity index (χ4n) is 4.25. The van der Waals surface area contributed by atoms with Gasteiger partial charge in [-0.25, -0.2) is 4.98 Å². The number of rotatable bonds is 7. The molecule has 4 rings (SSSR count). The molecule has 0 radical (unpaired) electrons. The third-order valence-corrected chi connectivity index (χ3v) is 6.31. The summed E-state index contributed by atoms with van der Waals surface area (Å²) in [6.07, 6.45) is 7.67. The van der Waals surface area contributed by atoms with Gasteiger partial charge in [-0.15, -0.1) is 12.4 Å². The summed E-state index contributed by atoms with van der Waals surface area (Å²) < 4.78 is 1.67.